The molecule has 0 radical (unpaired) electrons. The molecule has 4 rings (SSSR count). The van der Waals surface area contributed by atoms with Gasteiger partial charge in [-0.05, 0) is 31.0 Å². The first kappa shape index (κ1) is 20.0. The number of nitrogens with two attached hydrogens (primary N) is 1. The summed E-state index contributed by atoms with van der Waals surface area (Å²) >= 11 is 0. The van der Waals surface area contributed by atoms with E-state index >= 15 is 0 Å². The number of fused-ring (bicyclic) bond motifs is 1. The molecule has 3 aromatic rings. The molecule has 0 fully saturated rings. The van der Waals surface area contributed by atoms with E-state index in [1.165, 1.54) is 4.90 Å². The molecule has 3 amide bonds. The smallest absolute Gasteiger partial charge is 0.271 e. The van der Waals surface area contributed by atoms with Crippen LogP contribution in [-0.4, -0.2) is 44.6 Å². The van der Waals surface area contributed by atoms with E-state index in [0.29, 0.717) is 47.3 Å². The molecule has 3 N–H and O–H groups in total. The van der Waals surface area contributed by atoms with Gasteiger partial charge in [0.15, 0.2) is 5.69 Å². The van der Waals surface area contributed by atoms with Crippen LogP contribution in [0.15, 0.2) is 48.5 Å². The van der Waals surface area contributed by atoms with Gasteiger partial charge >= 0.3 is 0 Å². The maximum absolute atomic E-state index is 12.4. The predicted molar refractivity (Wildman–Crippen MR) is 113 cm³/mol. The molecule has 0 atom stereocenters. The van der Waals surface area contributed by atoms with Crippen molar-refractivity contribution in [2.75, 3.05) is 6.54 Å². The van der Waals surface area contributed by atoms with Crippen LogP contribution in [0.5, 0.6) is 0 Å². The van der Waals surface area contributed by atoms with E-state index in [2.05, 4.69) is 27.3 Å². The molecule has 2 aromatic carbocycles. The number of primary amides is 1. The van der Waals surface area contributed by atoms with Gasteiger partial charge in [-0.15, -0.1) is 0 Å². The third-order valence-corrected chi connectivity index (χ3v) is 5.00. The van der Waals surface area contributed by atoms with Crippen LogP contribution < -0.4 is 5.73 Å². The lowest BCUT2D eigenvalue weighted by Gasteiger charge is -2.12. The summed E-state index contributed by atoms with van der Waals surface area (Å²) in [5, 5.41) is 10.2. The number of unbranched alkanes of at least 4 members (excludes halogenated alkanes) is 2. The Bertz CT molecular complexity index is 1200. The van der Waals surface area contributed by atoms with Gasteiger partial charge in [-0.1, -0.05) is 42.2 Å². The summed E-state index contributed by atoms with van der Waals surface area (Å²) in [6.45, 7) is 0.367. The molecule has 0 aliphatic carbocycles. The van der Waals surface area contributed by atoms with Gasteiger partial charge in [-0.3, -0.25) is 19.3 Å². The molecule has 1 aliphatic heterocycles. The number of nitrogens with zero attached hydrogens (tertiary/aromatic N) is 3. The molecule has 2 heterocycles. The summed E-state index contributed by atoms with van der Waals surface area (Å²) in [4.78, 5) is 37.6. The lowest BCUT2D eigenvalue weighted by atomic mass is 10.0. The number of H-pyrrole nitrogens is 1. The lowest BCUT2D eigenvalue weighted by Crippen LogP contribution is -2.30. The maximum atomic E-state index is 12.4. The zero-order valence-electron chi connectivity index (χ0n) is 16.6. The number of aromatic amines is 1. The Morgan fingerprint density at radius 1 is 0.935 bits per heavy atom. The van der Waals surface area contributed by atoms with Crippen LogP contribution >= 0.6 is 0 Å². The zero-order valence-corrected chi connectivity index (χ0v) is 16.6. The van der Waals surface area contributed by atoms with Crippen LogP contribution in [0.4, 0.5) is 0 Å². The molecule has 0 saturated carbocycles. The van der Waals surface area contributed by atoms with Crippen molar-refractivity contribution in [1.82, 2.24) is 20.3 Å². The Kier molecular flexibility index (Phi) is 5.58. The minimum Gasteiger partial charge on any atom is -0.364 e. The summed E-state index contributed by atoms with van der Waals surface area (Å²) in [5.41, 5.74) is 8.09. The third kappa shape index (κ3) is 3.94. The van der Waals surface area contributed by atoms with Crippen molar-refractivity contribution >= 4 is 17.7 Å². The molecule has 0 bridgehead atoms. The zero-order chi connectivity index (χ0) is 21.8. The second kappa shape index (κ2) is 8.63. The topological polar surface area (TPSA) is 122 Å². The Morgan fingerprint density at radius 3 is 2.26 bits per heavy atom. The Hall–Kier alpha value is -4.25. The number of carbonyl (C=O) groups is 3. The number of nitrogens with one attached hydrogen (secondary N) is 1. The van der Waals surface area contributed by atoms with Crippen LogP contribution in [0.3, 0.4) is 0 Å². The van der Waals surface area contributed by atoms with E-state index < -0.39 is 5.91 Å². The van der Waals surface area contributed by atoms with Gasteiger partial charge in [0.2, 0.25) is 0 Å². The maximum Gasteiger partial charge on any atom is 0.271 e. The fourth-order valence-electron chi connectivity index (χ4n) is 3.47. The third-order valence-electron chi connectivity index (χ3n) is 5.00. The van der Waals surface area contributed by atoms with Crippen molar-refractivity contribution in [3.8, 4) is 23.1 Å². The first-order chi connectivity index (χ1) is 15.1. The van der Waals surface area contributed by atoms with Crippen molar-refractivity contribution < 1.29 is 14.4 Å². The lowest BCUT2D eigenvalue weighted by molar-refractivity contribution is 0.0651. The highest BCUT2D eigenvalue weighted by Crippen LogP contribution is 2.24. The predicted octanol–water partition coefficient (Wildman–Crippen LogP) is 2.39. The summed E-state index contributed by atoms with van der Waals surface area (Å²) in [7, 11) is 0. The second-order valence-corrected chi connectivity index (χ2v) is 7.00. The fourth-order valence-corrected chi connectivity index (χ4v) is 3.47. The number of hydrogen-bond acceptors (Lipinski definition) is 5. The van der Waals surface area contributed by atoms with E-state index in [-0.39, 0.29) is 17.5 Å². The number of amides is 3. The van der Waals surface area contributed by atoms with Gasteiger partial charge < -0.3 is 5.73 Å². The van der Waals surface area contributed by atoms with Crippen LogP contribution in [0.2, 0.25) is 0 Å². The molecule has 0 spiro atoms. The van der Waals surface area contributed by atoms with Crippen molar-refractivity contribution in [3.63, 3.8) is 0 Å². The average Bonchev–Trinajstić information content (AvgIpc) is 3.36. The van der Waals surface area contributed by atoms with Gasteiger partial charge in [0, 0.05) is 24.1 Å². The van der Waals surface area contributed by atoms with Gasteiger partial charge in [-0.2, -0.15) is 15.4 Å². The number of rotatable bonds is 6. The van der Waals surface area contributed by atoms with Crippen LogP contribution in [-0.2, 0) is 0 Å². The first-order valence-corrected chi connectivity index (χ1v) is 9.82. The average molecular weight is 413 g/mol. The van der Waals surface area contributed by atoms with E-state index in [9.17, 15) is 14.4 Å². The van der Waals surface area contributed by atoms with E-state index in [4.69, 9.17) is 5.73 Å². The molecule has 1 aromatic heterocycles. The highest BCUT2D eigenvalue weighted by atomic mass is 16.2. The number of hydrogen-bond donors (Lipinski definition) is 2. The minimum atomic E-state index is -0.667. The largest absolute Gasteiger partial charge is 0.364 e. The first-order valence-electron chi connectivity index (χ1n) is 9.82. The van der Waals surface area contributed by atoms with Gasteiger partial charge in [0.1, 0.15) is 5.69 Å². The van der Waals surface area contributed by atoms with Crippen LogP contribution in [0.25, 0.3) is 11.3 Å². The van der Waals surface area contributed by atoms with Gasteiger partial charge in [0.05, 0.1) is 11.1 Å². The van der Waals surface area contributed by atoms with E-state index in [1.807, 2.05) is 18.2 Å². The second-order valence-electron chi connectivity index (χ2n) is 7.00. The van der Waals surface area contributed by atoms with Crippen molar-refractivity contribution in [3.05, 3.63) is 70.9 Å². The van der Waals surface area contributed by atoms with E-state index in [1.54, 1.807) is 30.3 Å². The Morgan fingerprint density at radius 2 is 1.58 bits per heavy atom. The molecule has 154 valence electrons. The Balaban J connectivity index is 1.36. The SMILES string of the molecule is NC(=O)c1n[nH]nc1-c1ccccc1C#CCCCCN1C(=O)c2ccccc2C1=O. The molecule has 0 unspecified atom stereocenters. The van der Waals surface area contributed by atoms with Crippen LogP contribution in [0.1, 0.15) is 56.0 Å². The quantitative estimate of drug-likeness (QED) is 0.365. The molecular formula is C23H19N5O3. The number of aromatic nitrogens is 3. The normalized spacial score (nSPS) is 12.5. The summed E-state index contributed by atoms with van der Waals surface area (Å²) in [5.74, 6) is 5.06. The molecule has 8 heteroatoms. The summed E-state index contributed by atoms with van der Waals surface area (Å²) < 4.78 is 0. The molecule has 1 aliphatic rings. The monoisotopic (exact) mass is 413 g/mol. The van der Waals surface area contributed by atoms with Crippen molar-refractivity contribution in [1.29, 1.82) is 0 Å². The van der Waals surface area contributed by atoms with Crippen molar-refractivity contribution in [2.24, 2.45) is 5.73 Å². The molecular weight excluding hydrogens is 394 g/mol. The molecule has 8 nitrogen and oxygen atoms in total. The number of benzene rings is 2. The van der Waals surface area contributed by atoms with Crippen molar-refractivity contribution in [2.45, 2.75) is 19.3 Å². The number of carbonyl (C=O) groups excluding carboxylic acids is 3. The highest BCUT2D eigenvalue weighted by molar-refractivity contribution is 6.21. The Labute approximate surface area is 178 Å². The standard InChI is InChI=1S/C23H19N5O3/c24-21(29)20-19(25-27-26-20)16-11-5-4-10-15(16)9-3-1-2-8-14-28-22(30)17-12-6-7-13-18(17)23(28)31/h4-7,10-13H,1-2,8,14H2,(H2,24,29)(H,25,26,27). The minimum absolute atomic E-state index is 0.0650. The molecule has 31 heavy (non-hydrogen) atoms. The number of imide groups is 1. The summed E-state index contributed by atoms with van der Waals surface area (Å²) in [6, 6.07) is 14.2. The van der Waals surface area contributed by atoms with Crippen LogP contribution in [0, 0.1) is 11.8 Å². The highest BCUT2D eigenvalue weighted by Gasteiger charge is 2.34. The fraction of sp³-hybridized carbons (Fsp3) is 0.174. The van der Waals surface area contributed by atoms with Gasteiger partial charge in [0.25, 0.3) is 17.7 Å². The molecule has 0 saturated heterocycles. The summed E-state index contributed by atoms with van der Waals surface area (Å²) in [6.07, 6.45) is 2.00. The van der Waals surface area contributed by atoms with E-state index in [0.717, 1.165) is 6.42 Å². The van der Waals surface area contributed by atoms with Gasteiger partial charge in [-0.25, -0.2) is 0 Å².